The first-order valence-electron chi connectivity index (χ1n) is 9.30. The standard InChI is InChI=1S/C18H18N6O3S/c1-10(28-18-22-19-15(11-2-3-11)23(18)13-8-9-13)16-20-21-17(27-16)12-4-6-14(7-5-12)24(25)26/h4-7,10-11,13H,2-3,8-9H2,1H3/t10-/m0/s1. The quantitative estimate of drug-likeness (QED) is 0.329. The van der Waals surface area contributed by atoms with E-state index in [4.69, 9.17) is 4.42 Å². The third-order valence-electron chi connectivity index (χ3n) is 4.94. The molecule has 2 aliphatic carbocycles. The number of hydrogen-bond donors (Lipinski definition) is 0. The first-order chi connectivity index (χ1) is 13.6. The zero-order chi connectivity index (χ0) is 19.3. The zero-order valence-electron chi connectivity index (χ0n) is 15.2. The Morgan fingerprint density at radius 2 is 1.89 bits per heavy atom. The Hall–Kier alpha value is -2.75. The highest BCUT2D eigenvalue weighted by Gasteiger charge is 2.37. The molecule has 5 rings (SSSR count). The summed E-state index contributed by atoms with van der Waals surface area (Å²) in [5.41, 5.74) is 0.678. The maximum absolute atomic E-state index is 10.8. The van der Waals surface area contributed by atoms with Gasteiger partial charge in [-0.25, -0.2) is 0 Å². The molecule has 0 saturated heterocycles. The monoisotopic (exact) mass is 398 g/mol. The molecule has 2 aliphatic rings. The second-order valence-corrected chi connectivity index (χ2v) is 8.53. The summed E-state index contributed by atoms with van der Waals surface area (Å²) in [5.74, 6) is 2.53. The molecule has 10 heteroatoms. The van der Waals surface area contributed by atoms with E-state index in [-0.39, 0.29) is 10.9 Å². The van der Waals surface area contributed by atoms with Crippen LogP contribution in [0.1, 0.15) is 61.5 Å². The number of thioether (sulfide) groups is 1. The second kappa shape index (κ2) is 6.69. The predicted octanol–water partition coefficient (Wildman–Crippen LogP) is 4.30. The van der Waals surface area contributed by atoms with Gasteiger partial charge in [-0.3, -0.25) is 10.1 Å². The summed E-state index contributed by atoms with van der Waals surface area (Å²) >= 11 is 1.58. The van der Waals surface area contributed by atoms with Gasteiger partial charge >= 0.3 is 0 Å². The lowest BCUT2D eigenvalue weighted by Crippen LogP contribution is -2.02. The van der Waals surface area contributed by atoms with Gasteiger partial charge in [-0.05, 0) is 44.7 Å². The Bertz CT molecular complexity index is 1020. The average Bonchev–Trinajstić information content (AvgIpc) is 3.63. The Morgan fingerprint density at radius 1 is 1.14 bits per heavy atom. The fourth-order valence-electron chi connectivity index (χ4n) is 3.11. The van der Waals surface area contributed by atoms with Crippen molar-refractivity contribution in [3.8, 4) is 11.5 Å². The summed E-state index contributed by atoms with van der Waals surface area (Å²) in [6, 6.07) is 6.60. The van der Waals surface area contributed by atoms with Gasteiger partial charge < -0.3 is 8.98 Å². The van der Waals surface area contributed by atoms with Crippen molar-refractivity contribution in [3.05, 3.63) is 46.1 Å². The van der Waals surface area contributed by atoms with Crippen molar-refractivity contribution in [1.82, 2.24) is 25.0 Å². The molecule has 0 unspecified atom stereocenters. The highest BCUT2D eigenvalue weighted by Crippen LogP contribution is 2.47. The van der Waals surface area contributed by atoms with Crippen molar-refractivity contribution in [1.29, 1.82) is 0 Å². The van der Waals surface area contributed by atoms with Crippen LogP contribution in [0.5, 0.6) is 0 Å². The predicted molar refractivity (Wildman–Crippen MR) is 101 cm³/mol. The SMILES string of the molecule is C[C@H](Sc1nnc(C2CC2)n1C1CC1)c1nnc(-c2ccc([N+](=O)[O-])cc2)o1. The van der Waals surface area contributed by atoms with E-state index in [0.717, 1.165) is 11.0 Å². The summed E-state index contributed by atoms with van der Waals surface area (Å²) in [6.07, 6.45) is 4.77. The fourth-order valence-corrected chi connectivity index (χ4v) is 4.07. The molecule has 0 spiro atoms. The highest BCUT2D eigenvalue weighted by atomic mass is 32.2. The second-order valence-electron chi connectivity index (χ2n) is 7.23. The van der Waals surface area contributed by atoms with Crippen LogP contribution in [-0.2, 0) is 0 Å². The molecular weight excluding hydrogens is 380 g/mol. The van der Waals surface area contributed by atoms with Gasteiger partial charge in [0.15, 0.2) is 5.16 Å². The number of aromatic nitrogens is 5. The van der Waals surface area contributed by atoms with E-state index >= 15 is 0 Å². The average molecular weight is 398 g/mol. The van der Waals surface area contributed by atoms with Crippen LogP contribution in [0.15, 0.2) is 33.8 Å². The molecular formula is C18H18N6O3S. The van der Waals surface area contributed by atoms with Crippen molar-refractivity contribution in [2.75, 3.05) is 0 Å². The number of non-ortho nitro benzene ring substituents is 1. The van der Waals surface area contributed by atoms with E-state index in [1.807, 2.05) is 6.92 Å². The van der Waals surface area contributed by atoms with E-state index in [2.05, 4.69) is 25.0 Å². The summed E-state index contributed by atoms with van der Waals surface area (Å²) in [6.45, 7) is 2.00. The van der Waals surface area contributed by atoms with E-state index in [1.165, 1.54) is 37.8 Å². The van der Waals surface area contributed by atoms with Gasteiger partial charge in [-0.1, -0.05) is 11.8 Å². The normalized spacial score (nSPS) is 17.6. The number of hydrogen-bond acceptors (Lipinski definition) is 8. The molecule has 9 nitrogen and oxygen atoms in total. The Kier molecular flexibility index (Phi) is 4.15. The van der Waals surface area contributed by atoms with Crippen molar-refractivity contribution in [3.63, 3.8) is 0 Å². The van der Waals surface area contributed by atoms with Crippen LogP contribution in [0.2, 0.25) is 0 Å². The molecule has 3 aromatic rings. The minimum atomic E-state index is -0.437. The summed E-state index contributed by atoms with van der Waals surface area (Å²) in [4.78, 5) is 10.3. The third-order valence-corrected chi connectivity index (χ3v) is 5.99. The van der Waals surface area contributed by atoms with Crippen molar-refractivity contribution in [2.45, 2.75) is 55.0 Å². The molecule has 2 saturated carbocycles. The van der Waals surface area contributed by atoms with Crippen LogP contribution in [0.3, 0.4) is 0 Å². The molecule has 2 fully saturated rings. The molecule has 1 atom stereocenters. The number of rotatable bonds is 7. The minimum absolute atomic E-state index is 0.0262. The topological polar surface area (TPSA) is 113 Å². The van der Waals surface area contributed by atoms with Gasteiger partial charge in [0.1, 0.15) is 5.82 Å². The van der Waals surface area contributed by atoms with Gasteiger partial charge in [-0.15, -0.1) is 20.4 Å². The number of nitro benzene ring substituents is 1. The summed E-state index contributed by atoms with van der Waals surface area (Å²) in [7, 11) is 0. The van der Waals surface area contributed by atoms with Crippen LogP contribution in [0, 0.1) is 10.1 Å². The maximum atomic E-state index is 10.8. The molecule has 2 aromatic heterocycles. The number of benzene rings is 1. The van der Waals surface area contributed by atoms with Crippen LogP contribution >= 0.6 is 11.8 Å². The zero-order valence-corrected chi connectivity index (χ0v) is 16.0. The molecule has 1 aromatic carbocycles. The van der Waals surface area contributed by atoms with Gasteiger partial charge in [0.25, 0.3) is 5.69 Å². The smallest absolute Gasteiger partial charge is 0.269 e. The molecule has 2 heterocycles. The first-order valence-corrected chi connectivity index (χ1v) is 10.2. The van der Waals surface area contributed by atoms with Crippen LogP contribution in [0.25, 0.3) is 11.5 Å². The van der Waals surface area contributed by atoms with Crippen molar-refractivity contribution < 1.29 is 9.34 Å². The van der Waals surface area contributed by atoms with E-state index in [0.29, 0.717) is 29.3 Å². The van der Waals surface area contributed by atoms with E-state index in [1.54, 1.807) is 23.9 Å². The molecule has 0 bridgehead atoms. The first kappa shape index (κ1) is 17.4. The highest BCUT2D eigenvalue weighted by molar-refractivity contribution is 7.99. The fraction of sp³-hybridized carbons (Fsp3) is 0.444. The van der Waals surface area contributed by atoms with E-state index < -0.39 is 4.92 Å². The van der Waals surface area contributed by atoms with Crippen molar-refractivity contribution in [2.24, 2.45) is 0 Å². The molecule has 0 N–H and O–H groups in total. The summed E-state index contributed by atoms with van der Waals surface area (Å²) in [5, 5.41) is 28.7. The Morgan fingerprint density at radius 3 is 2.54 bits per heavy atom. The van der Waals surface area contributed by atoms with Crippen LogP contribution < -0.4 is 0 Å². The maximum Gasteiger partial charge on any atom is 0.269 e. The molecule has 144 valence electrons. The number of nitrogens with zero attached hydrogens (tertiary/aromatic N) is 6. The lowest BCUT2D eigenvalue weighted by molar-refractivity contribution is -0.384. The van der Waals surface area contributed by atoms with Gasteiger partial charge in [0.05, 0.1) is 10.2 Å². The lowest BCUT2D eigenvalue weighted by atomic mass is 10.2. The third kappa shape index (κ3) is 3.28. The molecule has 0 amide bonds. The van der Waals surface area contributed by atoms with Gasteiger partial charge in [0.2, 0.25) is 11.8 Å². The lowest BCUT2D eigenvalue weighted by Gasteiger charge is -2.10. The number of nitro groups is 1. The minimum Gasteiger partial charge on any atom is -0.419 e. The van der Waals surface area contributed by atoms with Gasteiger partial charge in [0, 0.05) is 29.7 Å². The summed E-state index contributed by atoms with van der Waals surface area (Å²) < 4.78 is 8.11. The van der Waals surface area contributed by atoms with Gasteiger partial charge in [-0.2, -0.15) is 0 Å². The molecule has 28 heavy (non-hydrogen) atoms. The van der Waals surface area contributed by atoms with Crippen molar-refractivity contribution >= 4 is 17.4 Å². The Balaban J connectivity index is 1.34. The van der Waals surface area contributed by atoms with E-state index in [9.17, 15) is 10.1 Å². The molecule has 0 aliphatic heterocycles. The largest absolute Gasteiger partial charge is 0.419 e. The van der Waals surface area contributed by atoms with Crippen LogP contribution in [-0.4, -0.2) is 29.9 Å². The molecule has 0 radical (unpaired) electrons. The van der Waals surface area contributed by atoms with Crippen LogP contribution in [0.4, 0.5) is 5.69 Å². The Labute approximate surface area is 164 Å².